The minimum Gasteiger partial charge on any atom is -0.452 e. The van der Waals surface area contributed by atoms with E-state index in [4.69, 9.17) is 14.2 Å². The Hall–Kier alpha value is -1.27. The van der Waals surface area contributed by atoms with Gasteiger partial charge in [0.2, 0.25) is 0 Å². The number of likely N-dealkylation sites (tertiary alicyclic amines) is 1. The molecule has 6 nitrogen and oxygen atoms in total. The van der Waals surface area contributed by atoms with E-state index in [1.807, 2.05) is 6.20 Å². The SMILES string of the molecule is COC(=O)N1C=C2C(CCN2CCCC(OC)OC)C1. The van der Waals surface area contributed by atoms with E-state index in [1.165, 1.54) is 12.8 Å². The van der Waals surface area contributed by atoms with Crippen LogP contribution in [-0.2, 0) is 14.2 Å². The van der Waals surface area contributed by atoms with Crippen molar-refractivity contribution in [2.45, 2.75) is 25.6 Å². The molecule has 1 unspecified atom stereocenters. The van der Waals surface area contributed by atoms with Crippen molar-refractivity contribution in [3.63, 3.8) is 0 Å². The number of nitrogens with zero attached hydrogens (tertiary/aromatic N) is 2. The Morgan fingerprint density at radius 1 is 1.40 bits per heavy atom. The molecule has 0 aromatic rings. The molecular weight excluding hydrogens is 260 g/mol. The zero-order valence-electron chi connectivity index (χ0n) is 12.5. The molecule has 6 heteroatoms. The van der Waals surface area contributed by atoms with Gasteiger partial charge >= 0.3 is 6.09 Å². The van der Waals surface area contributed by atoms with E-state index in [0.717, 1.165) is 38.9 Å². The minimum atomic E-state index is -0.273. The summed E-state index contributed by atoms with van der Waals surface area (Å²) in [6.45, 7) is 2.79. The van der Waals surface area contributed by atoms with Crippen LogP contribution in [0.15, 0.2) is 11.9 Å². The van der Waals surface area contributed by atoms with Crippen molar-refractivity contribution in [2.24, 2.45) is 5.92 Å². The van der Waals surface area contributed by atoms with Crippen LogP contribution in [0.25, 0.3) is 0 Å². The lowest BCUT2D eigenvalue weighted by molar-refractivity contribution is -0.107. The van der Waals surface area contributed by atoms with Crippen LogP contribution in [0.3, 0.4) is 0 Å². The highest BCUT2D eigenvalue weighted by Crippen LogP contribution is 2.34. The second-order valence-corrected chi connectivity index (χ2v) is 5.19. The van der Waals surface area contributed by atoms with E-state index in [9.17, 15) is 4.79 Å². The van der Waals surface area contributed by atoms with E-state index in [2.05, 4.69) is 4.90 Å². The van der Waals surface area contributed by atoms with Crippen LogP contribution >= 0.6 is 0 Å². The van der Waals surface area contributed by atoms with Gasteiger partial charge in [0.1, 0.15) is 0 Å². The second-order valence-electron chi connectivity index (χ2n) is 5.19. The first-order valence-electron chi connectivity index (χ1n) is 7.06. The van der Waals surface area contributed by atoms with Gasteiger partial charge in [0.05, 0.1) is 7.11 Å². The summed E-state index contributed by atoms with van der Waals surface area (Å²) >= 11 is 0. The number of carbonyl (C=O) groups excluding carboxylic acids is 1. The molecule has 1 fully saturated rings. The highest BCUT2D eigenvalue weighted by atomic mass is 16.7. The number of hydrogen-bond donors (Lipinski definition) is 0. The first-order chi connectivity index (χ1) is 9.69. The van der Waals surface area contributed by atoms with Gasteiger partial charge in [-0.1, -0.05) is 0 Å². The third kappa shape index (κ3) is 3.24. The van der Waals surface area contributed by atoms with E-state index >= 15 is 0 Å². The average Bonchev–Trinajstić information content (AvgIpc) is 3.04. The molecule has 0 bridgehead atoms. The van der Waals surface area contributed by atoms with Gasteiger partial charge in [-0.15, -0.1) is 0 Å². The third-order valence-corrected chi connectivity index (χ3v) is 4.04. The number of ether oxygens (including phenoxy) is 3. The largest absolute Gasteiger partial charge is 0.452 e. The fraction of sp³-hybridized carbons (Fsp3) is 0.786. The molecule has 0 radical (unpaired) electrons. The highest BCUT2D eigenvalue weighted by Gasteiger charge is 2.35. The molecular formula is C14H24N2O4. The van der Waals surface area contributed by atoms with E-state index in [1.54, 1.807) is 19.1 Å². The van der Waals surface area contributed by atoms with Gasteiger partial charge in [-0.2, -0.15) is 0 Å². The predicted molar refractivity (Wildman–Crippen MR) is 73.9 cm³/mol. The average molecular weight is 284 g/mol. The van der Waals surface area contributed by atoms with Crippen LogP contribution in [0.4, 0.5) is 4.79 Å². The lowest BCUT2D eigenvalue weighted by atomic mass is 10.1. The summed E-state index contributed by atoms with van der Waals surface area (Å²) in [7, 11) is 4.74. The van der Waals surface area contributed by atoms with Crippen LogP contribution in [0.2, 0.25) is 0 Å². The Balaban J connectivity index is 1.83. The molecule has 1 amide bonds. The summed E-state index contributed by atoms with van der Waals surface area (Å²) in [5.41, 5.74) is 1.27. The van der Waals surface area contributed by atoms with Crippen molar-refractivity contribution in [1.29, 1.82) is 0 Å². The maximum atomic E-state index is 11.5. The van der Waals surface area contributed by atoms with Crippen LogP contribution in [0.1, 0.15) is 19.3 Å². The molecule has 0 spiro atoms. The first kappa shape index (κ1) is 15.1. The Morgan fingerprint density at radius 3 is 2.80 bits per heavy atom. The van der Waals surface area contributed by atoms with Crippen molar-refractivity contribution in [1.82, 2.24) is 9.80 Å². The fourth-order valence-electron chi connectivity index (χ4n) is 2.93. The normalized spacial score (nSPS) is 21.4. The van der Waals surface area contributed by atoms with Gasteiger partial charge in [0.15, 0.2) is 6.29 Å². The molecule has 0 aromatic heterocycles. The van der Waals surface area contributed by atoms with Crippen molar-refractivity contribution < 1.29 is 19.0 Å². The van der Waals surface area contributed by atoms with Gasteiger partial charge in [-0.05, 0) is 12.8 Å². The number of carbonyl (C=O) groups is 1. The zero-order valence-corrected chi connectivity index (χ0v) is 12.5. The molecule has 1 saturated heterocycles. The van der Waals surface area contributed by atoms with E-state index in [0.29, 0.717) is 5.92 Å². The number of methoxy groups -OCH3 is 3. The van der Waals surface area contributed by atoms with Crippen molar-refractivity contribution >= 4 is 6.09 Å². The van der Waals surface area contributed by atoms with Gasteiger partial charge in [-0.3, -0.25) is 4.90 Å². The summed E-state index contributed by atoms with van der Waals surface area (Å²) in [5, 5.41) is 0. The lowest BCUT2D eigenvalue weighted by Crippen LogP contribution is -2.26. The zero-order chi connectivity index (χ0) is 14.5. The van der Waals surface area contributed by atoms with Gasteiger partial charge in [-0.25, -0.2) is 4.79 Å². The lowest BCUT2D eigenvalue weighted by Gasteiger charge is -2.21. The van der Waals surface area contributed by atoms with Crippen LogP contribution in [-0.4, -0.2) is 63.1 Å². The molecule has 2 aliphatic rings. The van der Waals surface area contributed by atoms with Crippen molar-refractivity contribution in [2.75, 3.05) is 41.0 Å². The Bertz CT molecular complexity index is 368. The summed E-state index contributed by atoms with van der Waals surface area (Å²) in [5.74, 6) is 0.467. The Kier molecular flexibility index (Phi) is 5.25. The van der Waals surface area contributed by atoms with Gasteiger partial charge in [0, 0.05) is 58.1 Å². The third-order valence-electron chi connectivity index (χ3n) is 4.04. The molecule has 0 aliphatic carbocycles. The molecule has 2 aliphatic heterocycles. The van der Waals surface area contributed by atoms with Crippen molar-refractivity contribution in [3.8, 4) is 0 Å². The van der Waals surface area contributed by atoms with Crippen molar-refractivity contribution in [3.05, 3.63) is 11.9 Å². The van der Waals surface area contributed by atoms with Crippen LogP contribution in [0.5, 0.6) is 0 Å². The van der Waals surface area contributed by atoms with Gasteiger partial charge in [0.25, 0.3) is 0 Å². The summed E-state index contributed by atoms with van der Waals surface area (Å²) in [6, 6.07) is 0. The van der Waals surface area contributed by atoms with Gasteiger partial charge < -0.3 is 19.1 Å². The monoisotopic (exact) mass is 284 g/mol. The van der Waals surface area contributed by atoms with E-state index in [-0.39, 0.29) is 12.4 Å². The standard InChI is InChI=1S/C14H24N2O4/c1-18-13(19-2)5-4-7-15-8-6-11-9-16(10-12(11)15)14(17)20-3/h10-11,13H,4-9H2,1-3H3. The number of rotatable bonds is 6. The molecule has 0 aromatic carbocycles. The molecule has 2 rings (SSSR count). The summed E-state index contributed by atoms with van der Waals surface area (Å²) in [4.78, 5) is 15.6. The maximum absolute atomic E-state index is 11.5. The second kappa shape index (κ2) is 6.95. The summed E-state index contributed by atoms with van der Waals surface area (Å²) in [6.07, 6.45) is 4.53. The fourth-order valence-corrected chi connectivity index (χ4v) is 2.93. The molecule has 114 valence electrons. The highest BCUT2D eigenvalue weighted by molar-refractivity contribution is 5.69. The topological polar surface area (TPSA) is 51.2 Å². The Labute approximate surface area is 120 Å². The van der Waals surface area contributed by atoms with Crippen LogP contribution < -0.4 is 0 Å². The summed E-state index contributed by atoms with van der Waals surface area (Å²) < 4.78 is 15.1. The molecule has 20 heavy (non-hydrogen) atoms. The quantitative estimate of drug-likeness (QED) is 0.694. The maximum Gasteiger partial charge on any atom is 0.413 e. The van der Waals surface area contributed by atoms with Crippen LogP contribution in [0, 0.1) is 5.92 Å². The molecule has 0 N–H and O–H groups in total. The number of amides is 1. The number of fused-ring (bicyclic) bond motifs is 1. The molecule has 0 saturated carbocycles. The van der Waals surface area contributed by atoms with E-state index < -0.39 is 0 Å². The molecule has 1 atom stereocenters. The Morgan fingerprint density at radius 2 is 2.15 bits per heavy atom. The number of hydrogen-bond acceptors (Lipinski definition) is 5. The first-order valence-corrected chi connectivity index (χ1v) is 7.06. The minimum absolute atomic E-state index is 0.127. The molecule has 2 heterocycles. The smallest absolute Gasteiger partial charge is 0.413 e. The predicted octanol–water partition coefficient (Wildman–Crippen LogP) is 1.63.